The van der Waals surface area contributed by atoms with E-state index in [1.54, 1.807) is 0 Å². The Morgan fingerprint density at radius 2 is 2.07 bits per heavy atom. The number of benzene rings is 2. The maximum atomic E-state index is 12.0. The van der Waals surface area contributed by atoms with Crippen molar-refractivity contribution in [2.45, 2.75) is 13.5 Å². The number of amides is 1. The summed E-state index contributed by atoms with van der Waals surface area (Å²) in [6, 6.07) is 15.4. The average Bonchev–Trinajstić information content (AvgIpc) is 3.18. The molecule has 0 unspecified atom stereocenters. The number of hydrazone groups is 1. The van der Waals surface area contributed by atoms with Gasteiger partial charge in [-0.15, -0.1) is 0 Å². The predicted octanol–water partition coefficient (Wildman–Crippen LogP) is 4.18. The minimum Gasteiger partial charge on any atom is -0.489 e. The Hall–Kier alpha value is -3.13. The second kappa shape index (κ2) is 9.70. The number of nitrogens with one attached hydrogen (secondary N) is 1. The van der Waals surface area contributed by atoms with Crippen molar-refractivity contribution in [1.82, 2.24) is 10.4 Å². The van der Waals surface area contributed by atoms with Crippen molar-refractivity contribution >= 4 is 28.1 Å². The van der Waals surface area contributed by atoms with Gasteiger partial charge >= 0.3 is 11.9 Å². The Morgan fingerprint density at radius 1 is 1.25 bits per heavy atom. The van der Waals surface area contributed by atoms with Crippen molar-refractivity contribution in [1.29, 1.82) is 0 Å². The number of hydrogen-bond donors (Lipinski definition) is 1. The van der Waals surface area contributed by atoms with Gasteiger partial charge in [-0.25, -0.2) is 10.4 Å². The van der Waals surface area contributed by atoms with Gasteiger partial charge in [0.2, 0.25) is 0 Å². The standard InChI is InChI=1S/C20H18BrN3O4/c1-2-26-18-12-22-20(28-18)19(25)24-23-11-15-10-16(8-9-17(15)21)27-13-14-6-4-3-5-7-14/h3-12H,2,13H2,1H3,(H,24,25). The molecule has 0 saturated carbocycles. The van der Waals surface area contributed by atoms with E-state index in [9.17, 15) is 4.79 Å². The maximum absolute atomic E-state index is 12.0. The summed E-state index contributed by atoms with van der Waals surface area (Å²) < 4.78 is 16.9. The van der Waals surface area contributed by atoms with E-state index in [-0.39, 0.29) is 11.8 Å². The van der Waals surface area contributed by atoms with Crippen molar-refractivity contribution in [2.75, 3.05) is 6.61 Å². The van der Waals surface area contributed by atoms with Crippen LogP contribution in [0.3, 0.4) is 0 Å². The van der Waals surface area contributed by atoms with Gasteiger partial charge < -0.3 is 13.9 Å². The molecule has 3 aromatic rings. The van der Waals surface area contributed by atoms with Crippen LogP contribution in [0.2, 0.25) is 0 Å². The van der Waals surface area contributed by atoms with E-state index < -0.39 is 5.91 Å². The molecule has 0 radical (unpaired) electrons. The fraction of sp³-hybridized carbons (Fsp3) is 0.150. The second-order valence-electron chi connectivity index (χ2n) is 5.57. The number of oxazole rings is 1. The summed E-state index contributed by atoms with van der Waals surface area (Å²) in [6.07, 6.45) is 2.84. The summed E-state index contributed by atoms with van der Waals surface area (Å²) in [7, 11) is 0. The number of carbonyl (C=O) groups excluding carboxylic acids is 1. The fourth-order valence-corrected chi connectivity index (χ4v) is 2.58. The van der Waals surface area contributed by atoms with Gasteiger partial charge in [0.15, 0.2) is 0 Å². The molecule has 0 fully saturated rings. The molecule has 0 saturated heterocycles. The molecule has 0 spiro atoms. The molecule has 0 atom stereocenters. The van der Waals surface area contributed by atoms with Gasteiger partial charge in [0, 0.05) is 10.0 Å². The third-order valence-electron chi connectivity index (χ3n) is 3.55. The fourth-order valence-electron chi connectivity index (χ4n) is 2.23. The monoisotopic (exact) mass is 443 g/mol. The van der Waals surface area contributed by atoms with Crippen LogP contribution in [-0.2, 0) is 6.61 Å². The lowest BCUT2D eigenvalue weighted by molar-refractivity contribution is 0.0912. The van der Waals surface area contributed by atoms with Crippen LogP contribution < -0.4 is 14.9 Å². The van der Waals surface area contributed by atoms with Crippen LogP contribution in [-0.4, -0.2) is 23.7 Å². The molecule has 1 heterocycles. The van der Waals surface area contributed by atoms with Gasteiger partial charge in [-0.05, 0) is 30.7 Å². The molecule has 1 N–H and O–H groups in total. The number of hydrogen-bond acceptors (Lipinski definition) is 6. The van der Waals surface area contributed by atoms with E-state index in [1.165, 1.54) is 12.4 Å². The van der Waals surface area contributed by atoms with Crippen molar-refractivity contribution in [2.24, 2.45) is 5.10 Å². The summed E-state index contributed by atoms with van der Waals surface area (Å²) in [6.45, 7) is 2.69. The Balaban J connectivity index is 1.60. The number of ether oxygens (including phenoxy) is 2. The van der Waals surface area contributed by atoms with Crippen molar-refractivity contribution < 1.29 is 18.7 Å². The van der Waals surface area contributed by atoms with Crippen LogP contribution in [0.15, 0.2) is 68.7 Å². The molecule has 7 nitrogen and oxygen atoms in total. The highest BCUT2D eigenvalue weighted by Crippen LogP contribution is 2.22. The molecular weight excluding hydrogens is 426 g/mol. The second-order valence-corrected chi connectivity index (χ2v) is 6.43. The summed E-state index contributed by atoms with van der Waals surface area (Å²) in [5, 5.41) is 3.94. The van der Waals surface area contributed by atoms with Crippen LogP contribution >= 0.6 is 15.9 Å². The minimum atomic E-state index is -0.574. The maximum Gasteiger partial charge on any atom is 0.327 e. The topological polar surface area (TPSA) is 86.0 Å². The van der Waals surface area contributed by atoms with Crippen LogP contribution in [0, 0.1) is 0 Å². The van der Waals surface area contributed by atoms with E-state index in [1.807, 2.05) is 55.5 Å². The van der Waals surface area contributed by atoms with Crippen molar-refractivity contribution in [3.8, 4) is 11.7 Å². The zero-order valence-electron chi connectivity index (χ0n) is 15.1. The predicted molar refractivity (Wildman–Crippen MR) is 108 cm³/mol. The number of aromatic nitrogens is 1. The van der Waals surface area contributed by atoms with Crippen LogP contribution in [0.4, 0.5) is 0 Å². The Morgan fingerprint density at radius 3 is 2.86 bits per heavy atom. The summed E-state index contributed by atoms with van der Waals surface area (Å²) in [5.41, 5.74) is 4.18. The van der Waals surface area contributed by atoms with Gasteiger partial charge in [0.25, 0.3) is 5.89 Å². The first-order valence-corrected chi connectivity index (χ1v) is 9.33. The van der Waals surface area contributed by atoms with E-state index in [4.69, 9.17) is 13.9 Å². The van der Waals surface area contributed by atoms with Gasteiger partial charge in [-0.1, -0.05) is 46.3 Å². The Bertz CT molecular complexity index is 957. The number of carbonyl (C=O) groups is 1. The quantitative estimate of drug-likeness (QED) is 0.416. The molecule has 1 amide bonds. The van der Waals surface area contributed by atoms with E-state index in [2.05, 4.69) is 31.4 Å². The third-order valence-corrected chi connectivity index (χ3v) is 4.27. The highest BCUT2D eigenvalue weighted by atomic mass is 79.9. The molecule has 2 aromatic carbocycles. The first kappa shape index (κ1) is 19.6. The molecule has 0 aliphatic rings. The number of nitrogens with zero attached hydrogens (tertiary/aromatic N) is 2. The van der Waals surface area contributed by atoms with Crippen molar-refractivity contribution in [3.63, 3.8) is 0 Å². The van der Waals surface area contributed by atoms with Crippen LogP contribution in [0.1, 0.15) is 28.7 Å². The molecule has 28 heavy (non-hydrogen) atoms. The van der Waals surface area contributed by atoms with Gasteiger partial charge in [-0.3, -0.25) is 4.79 Å². The highest BCUT2D eigenvalue weighted by Gasteiger charge is 2.13. The Labute approximate surface area is 170 Å². The molecule has 3 rings (SSSR count). The minimum absolute atomic E-state index is 0.125. The largest absolute Gasteiger partial charge is 0.489 e. The molecule has 144 valence electrons. The third kappa shape index (κ3) is 5.43. The summed E-state index contributed by atoms with van der Waals surface area (Å²) in [4.78, 5) is 15.8. The van der Waals surface area contributed by atoms with Gasteiger partial charge in [0.1, 0.15) is 18.6 Å². The summed E-state index contributed by atoms with van der Waals surface area (Å²) >= 11 is 3.45. The van der Waals surface area contributed by atoms with Gasteiger partial charge in [0.05, 0.1) is 12.8 Å². The smallest absolute Gasteiger partial charge is 0.327 e. The van der Waals surface area contributed by atoms with E-state index >= 15 is 0 Å². The highest BCUT2D eigenvalue weighted by molar-refractivity contribution is 9.10. The lowest BCUT2D eigenvalue weighted by atomic mass is 10.2. The zero-order valence-corrected chi connectivity index (χ0v) is 16.7. The molecule has 0 aliphatic carbocycles. The molecule has 1 aromatic heterocycles. The van der Waals surface area contributed by atoms with Crippen LogP contribution in [0.5, 0.6) is 11.7 Å². The van der Waals surface area contributed by atoms with E-state index in [0.29, 0.717) is 19.0 Å². The lowest BCUT2D eigenvalue weighted by Gasteiger charge is -2.08. The van der Waals surface area contributed by atoms with E-state index in [0.717, 1.165) is 15.6 Å². The number of rotatable bonds is 8. The Kier molecular flexibility index (Phi) is 6.80. The molecular formula is C20H18BrN3O4. The molecule has 0 aliphatic heterocycles. The molecule has 0 bridgehead atoms. The summed E-state index contributed by atoms with van der Waals surface area (Å²) in [5.74, 6) is 0.172. The lowest BCUT2D eigenvalue weighted by Crippen LogP contribution is -2.17. The number of halogens is 1. The molecule has 8 heteroatoms. The SMILES string of the molecule is CCOc1cnc(C(=O)NN=Cc2cc(OCc3ccccc3)ccc2Br)o1. The first-order valence-electron chi connectivity index (χ1n) is 8.54. The van der Waals surface area contributed by atoms with Crippen molar-refractivity contribution in [3.05, 3.63) is 76.2 Å². The normalized spacial score (nSPS) is 10.8. The average molecular weight is 444 g/mol. The zero-order chi connectivity index (χ0) is 19.8. The van der Waals surface area contributed by atoms with Gasteiger partial charge in [-0.2, -0.15) is 5.10 Å². The van der Waals surface area contributed by atoms with Crippen LogP contribution in [0.25, 0.3) is 0 Å². The first-order chi connectivity index (χ1) is 13.7.